The minimum Gasteiger partial charge on any atom is -0.489 e. The number of aliphatic carboxylic acids is 1. The number of aromatic nitrogens is 1. The molecule has 0 amide bonds. The van der Waals surface area contributed by atoms with Crippen LogP contribution in [0.15, 0.2) is 48.7 Å². The first-order valence-corrected chi connectivity index (χ1v) is 13.6. The van der Waals surface area contributed by atoms with Crippen molar-refractivity contribution >= 4 is 5.97 Å². The van der Waals surface area contributed by atoms with Gasteiger partial charge < -0.3 is 14.6 Å². The second kappa shape index (κ2) is 10.9. The molecule has 1 aromatic heterocycles. The van der Waals surface area contributed by atoms with Crippen LogP contribution in [-0.4, -0.2) is 23.2 Å². The number of carbonyl (C=O) groups is 1. The van der Waals surface area contributed by atoms with E-state index >= 15 is 4.39 Å². The Hall–Kier alpha value is -3.48. The Balaban J connectivity index is 1.47. The number of ether oxygens (including phenoxy) is 2. The molecule has 5 rings (SSSR count). The van der Waals surface area contributed by atoms with Crippen molar-refractivity contribution in [2.24, 2.45) is 11.3 Å². The molecule has 7 heteroatoms. The molecule has 0 radical (unpaired) electrons. The molecule has 2 aromatic carbocycles. The predicted molar refractivity (Wildman–Crippen MR) is 145 cm³/mol. The zero-order valence-corrected chi connectivity index (χ0v) is 22.7. The van der Waals surface area contributed by atoms with E-state index < -0.39 is 17.6 Å². The lowest BCUT2D eigenvalue weighted by molar-refractivity contribution is -0.137. The van der Waals surface area contributed by atoms with Crippen molar-refractivity contribution < 1.29 is 28.2 Å². The minimum atomic E-state index is -0.814. The fourth-order valence-electron chi connectivity index (χ4n) is 6.15. The Morgan fingerprint density at radius 1 is 1.10 bits per heavy atom. The second-order valence-electron chi connectivity index (χ2n) is 11.6. The summed E-state index contributed by atoms with van der Waals surface area (Å²) < 4.78 is 41.8. The lowest BCUT2D eigenvalue weighted by Crippen LogP contribution is -2.17. The highest BCUT2D eigenvalue weighted by Gasteiger charge is 2.38. The van der Waals surface area contributed by atoms with E-state index in [1.165, 1.54) is 19.2 Å². The zero-order valence-electron chi connectivity index (χ0n) is 22.7. The minimum absolute atomic E-state index is 0.00485. The third-order valence-electron chi connectivity index (χ3n) is 8.45. The van der Waals surface area contributed by atoms with Gasteiger partial charge in [-0.15, -0.1) is 0 Å². The number of nitrogens with zero attached hydrogens (tertiary/aromatic N) is 1. The molecule has 3 aromatic rings. The maximum absolute atomic E-state index is 15.6. The maximum atomic E-state index is 15.6. The predicted octanol–water partition coefficient (Wildman–Crippen LogP) is 7.88. The van der Waals surface area contributed by atoms with Crippen LogP contribution in [0.25, 0.3) is 11.1 Å². The number of benzene rings is 2. The van der Waals surface area contributed by atoms with E-state index in [0.717, 1.165) is 49.4 Å². The highest BCUT2D eigenvalue weighted by molar-refractivity contribution is 5.70. The monoisotopic (exact) mass is 535 g/mol. The van der Waals surface area contributed by atoms with Crippen LogP contribution in [0.5, 0.6) is 11.6 Å². The Morgan fingerprint density at radius 3 is 2.56 bits per heavy atom. The largest absolute Gasteiger partial charge is 0.489 e. The molecule has 0 unspecified atom stereocenters. The molecule has 39 heavy (non-hydrogen) atoms. The number of methoxy groups -OCH3 is 1. The molecule has 0 spiro atoms. The van der Waals surface area contributed by atoms with Gasteiger partial charge in [0.15, 0.2) is 0 Å². The number of carboxylic acid groups (broad SMARTS) is 1. The van der Waals surface area contributed by atoms with Gasteiger partial charge in [0.2, 0.25) is 5.88 Å². The average molecular weight is 536 g/mol. The van der Waals surface area contributed by atoms with E-state index in [2.05, 4.69) is 18.8 Å². The van der Waals surface area contributed by atoms with E-state index in [1.807, 2.05) is 24.3 Å². The topological polar surface area (TPSA) is 68.7 Å². The van der Waals surface area contributed by atoms with Crippen LogP contribution >= 0.6 is 0 Å². The summed E-state index contributed by atoms with van der Waals surface area (Å²) in [6, 6.07) is 12.2. The van der Waals surface area contributed by atoms with Gasteiger partial charge in [-0.1, -0.05) is 32.4 Å². The van der Waals surface area contributed by atoms with Crippen molar-refractivity contribution in [1.82, 2.24) is 4.98 Å². The Kier molecular flexibility index (Phi) is 7.61. The van der Waals surface area contributed by atoms with E-state index in [-0.39, 0.29) is 41.7 Å². The normalized spacial score (nSPS) is 19.1. The lowest BCUT2D eigenvalue weighted by Gasteiger charge is -2.30. The number of pyridine rings is 1. The molecule has 0 saturated heterocycles. The molecule has 2 atom stereocenters. The fraction of sp³-hybridized carbons (Fsp3) is 0.438. The molecule has 2 aliphatic rings. The van der Waals surface area contributed by atoms with Crippen molar-refractivity contribution in [3.8, 4) is 22.8 Å². The van der Waals surface area contributed by atoms with Crippen molar-refractivity contribution in [2.75, 3.05) is 7.11 Å². The average Bonchev–Trinajstić information content (AvgIpc) is 3.69. The first kappa shape index (κ1) is 27.1. The number of carboxylic acids is 1. The summed E-state index contributed by atoms with van der Waals surface area (Å²) in [4.78, 5) is 15.4. The van der Waals surface area contributed by atoms with Gasteiger partial charge in [-0.3, -0.25) is 4.79 Å². The Labute approximate surface area is 228 Å². The zero-order chi connectivity index (χ0) is 27.7. The van der Waals surface area contributed by atoms with E-state index in [9.17, 15) is 14.3 Å². The summed E-state index contributed by atoms with van der Waals surface area (Å²) in [5, 5.41) is 9.37. The number of halogens is 2. The third-order valence-corrected chi connectivity index (χ3v) is 8.45. The summed E-state index contributed by atoms with van der Waals surface area (Å²) in [5.41, 5.74) is 2.99. The number of hydrogen-bond acceptors (Lipinski definition) is 4. The summed E-state index contributed by atoms with van der Waals surface area (Å²) in [7, 11) is 1.47. The molecule has 0 aliphatic heterocycles. The molecule has 0 bridgehead atoms. The van der Waals surface area contributed by atoms with Crippen molar-refractivity contribution in [1.29, 1.82) is 0 Å². The van der Waals surface area contributed by atoms with E-state index in [1.54, 1.807) is 6.07 Å². The Bertz CT molecular complexity index is 1370. The molecule has 1 heterocycles. The van der Waals surface area contributed by atoms with Crippen molar-refractivity contribution in [3.05, 3.63) is 77.0 Å². The quantitative estimate of drug-likeness (QED) is 0.286. The molecular formula is C32H35F2NO4. The fourth-order valence-corrected chi connectivity index (χ4v) is 6.15. The van der Waals surface area contributed by atoms with Gasteiger partial charge in [0.05, 0.1) is 19.7 Å². The lowest BCUT2D eigenvalue weighted by atomic mass is 9.75. The molecular weight excluding hydrogens is 500 g/mol. The van der Waals surface area contributed by atoms with Gasteiger partial charge in [0.25, 0.3) is 0 Å². The number of rotatable bonds is 10. The summed E-state index contributed by atoms with van der Waals surface area (Å²) in [5.74, 6) is -0.522. The highest BCUT2D eigenvalue weighted by atomic mass is 19.1. The van der Waals surface area contributed by atoms with Crippen LogP contribution in [0, 0.1) is 23.0 Å². The van der Waals surface area contributed by atoms with Crippen LogP contribution in [0.3, 0.4) is 0 Å². The molecule has 2 aliphatic carbocycles. The molecule has 2 saturated carbocycles. The molecule has 2 fully saturated rings. The van der Waals surface area contributed by atoms with Crippen molar-refractivity contribution in [3.63, 3.8) is 0 Å². The second-order valence-corrected chi connectivity index (χ2v) is 11.6. The SMILES string of the molecule is COc1cc(-c2cc(F)c(COc3cccc([C@@H](CC(=O)O)C4CC4)c3)cc2[C@@H]2CCCC2(C)C)c(F)cn1. The first-order chi connectivity index (χ1) is 18.7. The van der Waals surface area contributed by atoms with Crippen LogP contribution in [-0.2, 0) is 11.4 Å². The van der Waals surface area contributed by atoms with Crippen LogP contribution in [0.1, 0.15) is 80.9 Å². The summed E-state index contributed by atoms with van der Waals surface area (Å²) in [6.45, 7) is 4.41. The number of hydrogen-bond donors (Lipinski definition) is 1. The Morgan fingerprint density at radius 2 is 1.90 bits per heavy atom. The van der Waals surface area contributed by atoms with Gasteiger partial charge >= 0.3 is 5.97 Å². The maximum Gasteiger partial charge on any atom is 0.303 e. The standard InChI is InChI=1S/C32H35F2NO4/c1-32(2)11-5-8-27(32)25-13-21(28(33)14-24(25)26-15-30(38-3)35-17-29(26)34)18-39-22-7-4-6-20(12-22)23(16-31(36)37)19-9-10-19/h4,6-7,12-15,17,19,23,27H,5,8-11,16,18H2,1-3H3,(H,36,37)/t23-,27-/m0/s1. The van der Waals surface area contributed by atoms with Crippen LogP contribution in [0.4, 0.5) is 8.78 Å². The van der Waals surface area contributed by atoms with E-state index in [0.29, 0.717) is 22.8 Å². The van der Waals surface area contributed by atoms with Gasteiger partial charge in [0, 0.05) is 17.2 Å². The molecule has 206 valence electrons. The molecule has 5 nitrogen and oxygen atoms in total. The van der Waals surface area contributed by atoms with Gasteiger partial charge in [-0.25, -0.2) is 13.8 Å². The third kappa shape index (κ3) is 5.92. The van der Waals surface area contributed by atoms with Crippen molar-refractivity contribution in [2.45, 2.75) is 70.8 Å². The van der Waals surface area contributed by atoms with Gasteiger partial charge in [0.1, 0.15) is 24.0 Å². The van der Waals surface area contributed by atoms with Gasteiger partial charge in [-0.2, -0.15) is 0 Å². The first-order valence-electron chi connectivity index (χ1n) is 13.6. The molecule has 1 N–H and O–H groups in total. The van der Waals surface area contributed by atoms with Gasteiger partial charge in [-0.05, 0) is 89.8 Å². The van der Waals surface area contributed by atoms with Crippen LogP contribution in [0.2, 0.25) is 0 Å². The summed E-state index contributed by atoms with van der Waals surface area (Å²) in [6.07, 6.45) is 6.28. The summed E-state index contributed by atoms with van der Waals surface area (Å²) >= 11 is 0. The van der Waals surface area contributed by atoms with E-state index in [4.69, 9.17) is 9.47 Å². The highest BCUT2D eigenvalue weighted by Crippen LogP contribution is 2.52. The van der Waals surface area contributed by atoms with Crippen LogP contribution < -0.4 is 9.47 Å². The smallest absolute Gasteiger partial charge is 0.303 e.